The van der Waals surface area contributed by atoms with Crippen LogP contribution in [0.1, 0.15) is 32.7 Å². The topological polar surface area (TPSA) is 97.4 Å². The lowest BCUT2D eigenvalue weighted by Gasteiger charge is -2.24. The summed E-state index contributed by atoms with van der Waals surface area (Å²) in [7, 11) is 0. The van der Waals surface area contributed by atoms with E-state index in [4.69, 9.17) is 4.42 Å². The Hall–Kier alpha value is -3.13. The predicted molar refractivity (Wildman–Crippen MR) is 98.4 cm³/mol. The van der Waals surface area contributed by atoms with Crippen molar-refractivity contribution in [1.29, 1.82) is 0 Å². The normalized spacial score (nSPS) is 15.9. The maximum absolute atomic E-state index is 12.4. The highest BCUT2D eigenvalue weighted by Gasteiger charge is 2.31. The zero-order valence-corrected chi connectivity index (χ0v) is 14.8. The number of anilines is 1. The van der Waals surface area contributed by atoms with Crippen LogP contribution in [0.2, 0.25) is 0 Å². The summed E-state index contributed by atoms with van der Waals surface area (Å²) in [6.07, 6.45) is -0.524. The minimum Gasteiger partial charge on any atom is -0.457 e. The van der Waals surface area contributed by atoms with Crippen molar-refractivity contribution in [2.24, 2.45) is 0 Å². The van der Waals surface area contributed by atoms with E-state index in [0.717, 1.165) is 15.4 Å². The van der Waals surface area contributed by atoms with Gasteiger partial charge in [0.1, 0.15) is 16.5 Å². The van der Waals surface area contributed by atoms with Crippen LogP contribution in [-0.2, 0) is 0 Å². The molecule has 0 bridgehead atoms. The molecule has 2 N–H and O–H groups in total. The number of amides is 1. The van der Waals surface area contributed by atoms with Crippen LogP contribution in [-0.4, -0.2) is 10.8 Å². The van der Waals surface area contributed by atoms with Crippen LogP contribution in [0, 0.1) is 24.0 Å². The van der Waals surface area contributed by atoms with Crippen LogP contribution < -0.4 is 10.6 Å². The highest BCUT2D eigenvalue weighted by molar-refractivity contribution is 7.16. The first-order chi connectivity index (χ1) is 12.5. The molecule has 3 aromatic rings. The molecule has 1 atom stereocenters. The lowest BCUT2D eigenvalue weighted by molar-refractivity contribution is -0.384. The van der Waals surface area contributed by atoms with Crippen LogP contribution in [0.4, 0.5) is 10.7 Å². The van der Waals surface area contributed by atoms with Crippen LogP contribution >= 0.6 is 11.3 Å². The van der Waals surface area contributed by atoms with Crippen molar-refractivity contribution in [3.05, 3.63) is 68.3 Å². The fourth-order valence-corrected chi connectivity index (χ4v) is 4.09. The van der Waals surface area contributed by atoms with Crippen molar-refractivity contribution in [3.8, 4) is 11.3 Å². The van der Waals surface area contributed by atoms with E-state index in [1.54, 1.807) is 30.3 Å². The van der Waals surface area contributed by atoms with E-state index in [1.165, 1.54) is 17.4 Å². The third-order valence-electron chi connectivity index (χ3n) is 4.44. The number of fused-ring (bicyclic) bond motifs is 1. The average Bonchev–Trinajstić information content (AvgIpc) is 3.20. The predicted octanol–water partition coefficient (Wildman–Crippen LogP) is 4.39. The number of rotatable bonds is 3. The fraction of sp³-hybridized carbons (Fsp3) is 0.167. The van der Waals surface area contributed by atoms with E-state index in [9.17, 15) is 14.9 Å². The number of hydrogen-bond acceptors (Lipinski definition) is 6. The number of hydrogen-bond donors (Lipinski definition) is 2. The number of benzene rings is 1. The van der Waals surface area contributed by atoms with Gasteiger partial charge in [0.25, 0.3) is 11.6 Å². The molecule has 8 heteroatoms. The van der Waals surface area contributed by atoms with Gasteiger partial charge < -0.3 is 15.1 Å². The number of nitro benzene ring substituents is 1. The average molecular weight is 369 g/mol. The molecule has 132 valence electrons. The molecule has 4 rings (SSSR count). The molecule has 0 fully saturated rings. The zero-order valence-electron chi connectivity index (χ0n) is 14.0. The summed E-state index contributed by atoms with van der Waals surface area (Å²) in [5.41, 5.74) is 2.00. The Kier molecular flexibility index (Phi) is 3.77. The molecule has 1 aliphatic heterocycles. The van der Waals surface area contributed by atoms with Gasteiger partial charge in [-0.05, 0) is 37.6 Å². The largest absolute Gasteiger partial charge is 0.457 e. The molecule has 26 heavy (non-hydrogen) atoms. The maximum Gasteiger partial charge on any atom is 0.280 e. The molecule has 0 aliphatic carbocycles. The second-order valence-corrected chi connectivity index (χ2v) is 7.24. The monoisotopic (exact) mass is 369 g/mol. The Balaban J connectivity index is 1.68. The number of carbonyl (C=O) groups is 1. The number of carbonyl (C=O) groups excluding carboxylic acids is 1. The van der Waals surface area contributed by atoms with E-state index in [0.29, 0.717) is 22.6 Å². The number of thiophene rings is 1. The zero-order chi connectivity index (χ0) is 18.4. The molecule has 0 spiro atoms. The van der Waals surface area contributed by atoms with Gasteiger partial charge in [0.2, 0.25) is 0 Å². The molecular formula is C18H15N3O4S. The van der Waals surface area contributed by atoms with E-state index in [1.807, 2.05) is 13.8 Å². The summed E-state index contributed by atoms with van der Waals surface area (Å²) in [5, 5.41) is 18.2. The van der Waals surface area contributed by atoms with E-state index in [-0.39, 0.29) is 11.6 Å². The first-order valence-electron chi connectivity index (χ1n) is 7.96. The van der Waals surface area contributed by atoms with Gasteiger partial charge in [0.15, 0.2) is 6.17 Å². The lowest BCUT2D eigenvalue weighted by atomic mass is 10.1. The fourth-order valence-electron chi connectivity index (χ4n) is 3.01. The molecular weight excluding hydrogens is 354 g/mol. The number of nitro groups is 1. The van der Waals surface area contributed by atoms with Crippen molar-refractivity contribution in [2.75, 3.05) is 5.32 Å². The summed E-state index contributed by atoms with van der Waals surface area (Å²) in [6, 6.07) is 9.78. The van der Waals surface area contributed by atoms with Gasteiger partial charge in [-0.15, -0.1) is 11.3 Å². The summed E-state index contributed by atoms with van der Waals surface area (Å²) in [6.45, 7) is 3.90. The number of para-hydroxylation sites is 1. The van der Waals surface area contributed by atoms with Crippen LogP contribution in [0.15, 0.2) is 40.8 Å². The Labute approximate surface area is 152 Å². The van der Waals surface area contributed by atoms with Crippen molar-refractivity contribution in [2.45, 2.75) is 20.0 Å². The quantitative estimate of drug-likeness (QED) is 0.527. The molecule has 7 nitrogen and oxygen atoms in total. The van der Waals surface area contributed by atoms with Crippen molar-refractivity contribution in [3.63, 3.8) is 0 Å². The van der Waals surface area contributed by atoms with Crippen LogP contribution in [0.5, 0.6) is 0 Å². The smallest absolute Gasteiger partial charge is 0.280 e. The molecule has 2 aromatic heterocycles. The van der Waals surface area contributed by atoms with Gasteiger partial charge >= 0.3 is 0 Å². The minimum absolute atomic E-state index is 0.0270. The van der Waals surface area contributed by atoms with E-state index in [2.05, 4.69) is 10.6 Å². The molecule has 1 aliphatic rings. The highest BCUT2D eigenvalue weighted by atomic mass is 32.1. The summed E-state index contributed by atoms with van der Waals surface area (Å²) >= 11 is 1.53. The molecule has 0 unspecified atom stereocenters. The molecule has 0 saturated carbocycles. The number of furan rings is 1. The standard InChI is InChI=1S/C18H15N3O4S/c1-9-10(2)26-18-15(9)17(22)19-16(20-18)14-8-7-13(25-14)11-5-3-4-6-12(11)21(23)24/h3-8,16,20H,1-2H3,(H,19,22)/t16-/m0/s1. The Morgan fingerprint density at radius 3 is 2.69 bits per heavy atom. The van der Waals surface area contributed by atoms with Crippen molar-refractivity contribution >= 4 is 27.9 Å². The van der Waals surface area contributed by atoms with Crippen LogP contribution in [0.3, 0.4) is 0 Å². The lowest BCUT2D eigenvalue weighted by Crippen LogP contribution is -2.37. The Bertz CT molecular complexity index is 1040. The molecule has 0 saturated heterocycles. The molecule has 1 amide bonds. The number of aryl methyl sites for hydroxylation is 1. The molecule has 1 aromatic carbocycles. The first kappa shape index (κ1) is 16.3. The minimum atomic E-state index is -0.524. The van der Waals surface area contributed by atoms with Gasteiger partial charge in [-0.1, -0.05) is 12.1 Å². The maximum atomic E-state index is 12.4. The third kappa shape index (κ3) is 2.55. The Morgan fingerprint density at radius 2 is 1.92 bits per heavy atom. The first-order valence-corrected chi connectivity index (χ1v) is 8.78. The molecule has 0 radical (unpaired) electrons. The van der Waals surface area contributed by atoms with Gasteiger partial charge in [-0.25, -0.2) is 0 Å². The van der Waals surface area contributed by atoms with E-state index < -0.39 is 11.1 Å². The summed E-state index contributed by atoms with van der Waals surface area (Å²) in [4.78, 5) is 24.3. The van der Waals surface area contributed by atoms with Crippen LogP contribution in [0.25, 0.3) is 11.3 Å². The number of nitrogens with one attached hydrogen (secondary N) is 2. The van der Waals surface area contributed by atoms with Gasteiger partial charge in [-0.3, -0.25) is 14.9 Å². The number of nitrogens with zero attached hydrogens (tertiary/aromatic N) is 1. The van der Waals surface area contributed by atoms with E-state index >= 15 is 0 Å². The summed E-state index contributed by atoms with van der Waals surface area (Å²) in [5.74, 6) is 0.711. The van der Waals surface area contributed by atoms with Gasteiger partial charge in [0.05, 0.1) is 16.1 Å². The SMILES string of the molecule is Cc1sc2c(c1C)C(=O)N[C@H](c1ccc(-c3ccccc3[N+](=O)[O-])o1)N2. The van der Waals surface area contributed by atoms with Crippen molar-refractivity contribution in [1.82, 2.24) is 5.32 Å². The Morgan fingerprint density at radius 1 is 1.15 bits per heavy atom. The van der Waals surface area contributed by atoms with Gasteiger partial charge in [0, 0.05) is 10.9 Å². The molecule has 3 heterocycles. The second-order valence-electron chi connectivity index (χ2n) is 6.01. The highest BCUT2D eigenvalue weighted by Crippen LogP contribution is 2.38. The van der Waals surface area contributed by atoms with Gasteiger partial charge in [-0.2, -0.15) is 0 Å². The third-order valence-corrected chi connectivity index (χ3v) is 5.58. The van der Waals surface area contributed by atoms with Crippen molar-refractivity contribution < 1.29 is 14.1 Å². The second kappa shape index (κ2) is 5.99. The summed E-state index contributed by atoms with van der Waals surface area (Å²) < 4.78 is 5.82.